The second-order valence-corrected chi connectivity index (χ2v) is 7.59. The first-order valence-corrected chi connectivity index (χ1v) is 9.62. The zero-order chi connectivity index (χ0) is 19.2. The summed E-state index contributed by atoms with van der Waals surface area (Å²) in [6.07, 6.45) is 0.736. The molecule has 0 aliphatic carbocycles. The van der Waals surface area contributed by atoms with Gasteiger partial charge in [-0.15, -0.1) is 11.3 Å². The minimum atomic E-state index is -0.383. The fourth-order valence-corrected chi connectivity index (χ4v) is 3.58. The first kappa shape index (κ1) is 19.0. The van der Waals surface area contributed by atoms with Crippen molar-refractivity contribution in [3.63, 3.8) is 0 Å². The first-order chi connectivity index (χ1) is 13.0. The van der Waals surface area contributed by atoms with Crippen molar-refractivity contribution in [2.75, 3.05) is 13.7 Å². The van der Waals surface area contributed by atoms with Gasteiger partial charge < -0.3 is 9.64 Å². The van der Waals surface area contributed by atoms with E-state index in [9.17, 15) is 9.59 Å². The summed E-state index contributed by atoms with van der Waals surface area (Å²) in [7, 11) is 1.71. The number of carbonyl (C=O) groups is 2. The number of likely N-dealkylation sites (N-methyl/N-ethyl adjacent to an activating group) is 1. The third kappa shape index (κ3) is 5.37. The van der Waals surface area contributed by atoms with Gasteiger partial charge in [0.25, 0.3) is 5.91 Å². The molecule has 0 saturated carbocycles. The standard InChI is InChI=1S/C21H22N2O3S/c1-15-7-9-16(10-8-15)13-23(2)20(24)14-26-21(25)12-11-19-22-17-5-3-4-6-18(17)27-19/h3-10H,11-14H2,1-2H3. The molecule has 0 unspecified atom stereocenters. The lowest BCUT2D eigenvalue weighted by Crippen LogP contribution is -2.30. The van der Waals surface area contributed by atoms with Gasteiger partial charge in [-0.1, -0.05) is 42.0 Å². The van der Waals surface area contributed by atoms with Crippen LogP contribution < -0.4 is 0 Å². The zero-order valence-corrected chi connectivity index (χ0v) is 16.3. The van der Waals surface area contributed by atoms with Crippen LogP contribution in [0.5, 0.6) is 0 Å². The lowest BCUT2D eigenvalue weighted by atomic mass is 10.1. The second kappa shape index (κ2) is 8.77. The number of esters is 1. The molecule has 0 atom stereocenters. The summed E-state index contributed by atoms with van der Waals surface area (Å²) in [6.45, 7) is 2.27. The molecule has 0 bridgehead atoms. The van der Waals surface area contributed by atoms with Crippen LogP contribution in [0.1, 0.15) is 22.6 Å². The zero-order valence-electron chi connectivity index (χ0n) is 15.5. The molecule has 6 heteroatoms. The number of benzene rings is 2. The van der Waals surface area contributed by atoms with Crippen molar-refractivity contribution in [1.29, 1.82) is 0 Å². The highest BCUT2D eigenvalue weighted by Crippen LogP contribution is 2.22. The van der Waals surface area contributed by atoms with Gasteiger partial charge in [0.1, 0.15) is 0 Å². The average Bonchev–Trinajstić information content (AvgIpc) is 3.09. The van der Waals surface area contributed by atoms with Gasteiger partial charge >= 0.3 is 5.97 Å². The highest BCUT2D eigenvalue weighted by molar-refractivity contribution is 7.18. The largest absolute Gasteiger partial charge is 0.456 e. The second-order valence-electron chi connectivity index (χ2n) is 6.47. The summed E-state index contributed by atoms with van der Waals surface area (Å²) in [5.74, 6) is -0.602. The molecule has 27 heavy (non-hydrogen) atoms. The maximum absolute atomic E-state index is 12.1. The molecular weight excluding hydrogens is 360 g/mol. The molecule has 0 saturated heterocycles. The molecule has 140 valence electrons. The summed E-state index contributed by atoms with van der Waals surface area (Å²) in [5, 5.41) is 0.899. The molecular formula is C21H22N2O3S. The third-order valence-electron chi connectivity index (χ3n) is 4.20. The van der Waals surface area contributed by atoms with Crippen molar-refractivity contribution in [3.8, 4) is 0 Å². The molecule has 1 heterocycles. The Bertz CT molecular complexity index is 901. The van der Waals surface area contributed by atoms with Crippen LogP contribution in [0.25, 0.3) is 10.2 Å². The summed E-state index contributed by atoms with van der Waals surface area (Å²) >= 11 is 1.58. The van der Waals surface area contributed by atoms with Crippen molar-refractivity contribution in [1.82, 2.24) is 9.88 Å². The van der Waals surface area contributed by atoms with Crippen molar-refractivity contribution in [2.24, 2.45) is 0 Å². The minimum absolute atomic E-state index is 0.217. The van der Waals surface area contributed by atoms with E-state index in [1.807, 2.05) is 55.5 Å². The Kier molecular flexibility index (Phi) is 6.19. The van der Waals surface area contributed by atoms with E-state index < -0.39 is 0 Å². The number of carbonyl (C=O) groups excluding carboxylic acids is 2. The van der Waals surface area contributed by atoms with Crippen LogP contribution in [0.4, 0.5) is 0 Å². The molecule has 0 radical (unpaired) electrons. The number of nitrogens with zero attached hydrogens (tertiary/aromatic N) is 2. The van der Waals surface area contributed by atoms with Crippen LogP contribution in [0.15, 0.2) is 48.5 Å². The predicted octanol–water partition coefficient (Wildman–Crippen LogP) is 3.74. The minimum Gasteiger partial charge on any atom is -0.456 e. The lowest BCUT2D eigenvalue weighted by molar-refractivity contribution is -0.151. The highest BCUT2D eigenvalue weighted by Gasteiger charge is 2.13. The van der Waals surface area contributed by atoms with Crippen molar-refractivity contribution in [2.45, 2.75) is 26.3 Å². The van der Waals surface area contributed by atoms with Crippen LogP contribution in [-0.2, 0) is 27.3 Å². The Labute approximate surface area is 162 Å². The summed E-state index contributed by atoms with van der Waals surface area (Å²) < 4.78 is 6.23. The summed E-state index contributed by atoms with van der Waals surface area (Å²) in [6, 6.07) is 15.9. The quantitative estimate of drug-likeness (QED) is 0.584. The number of hydrogen-bond acceptors (Lipinski definition) is 5. The summed E-state index contributed by atoms with van der Waals surface area (Å²) in [5.41, 5.74) is 3.16. The number of aryl methyl sites for hydroxylation is 2. The van der Waals surface area contributed by atoms with Crippen molar-refractivity contribution >= 4 is 33.4 Å². The van der Waals surface area contributed by atoms with E-state index in [2.05, 4.69) is 4.98 Å². The molecule has 5 nitrogen and oxygen atoms in total. The number of fused-ring (bicyclic) bond motifs is 1. The number of para-hydroxylation sites is 1. The Morgan fingerprint density at radius 3 is 2.59 bits per heavy atom. The van der Waals surface area contributed by atoms with Gasteiger partial charge in [0, 0.05) is 20.0 Å². The van der Waals surface area contributed by atoms with E-state index in [1.54, 1.807) is 23.3 Å². The van der Waals surface area contributed by atoms with E-state index in [4.69, 9.17) is 4.74 Å². The van der Waals surface area contributed by atoms with Gasteiger partial charge in [-0.2, -0.15) is 0 Å². The SMILES string of the molecule is Cc1ccc(CN(C)C(=O)COC(=O)CCc2nc3ccccc3s2)cc1. The Morgan fingerprint density at radius 1 is 1.11 bits per heavy atom. The average molecular weight is 382 g/mol. The highest BCUT2D eigenvalue weighted by atomic mass is 32.1. The van der Waals surface area contributed by atoms with Gasteiger partial charge in [-0.25, -0.2) is 4.98 Å². The molecule has 0 aliphatic rings. The van der Waals surface area contributed by atoms with Crippen LogP contribution in [0.3, 0.4) is 0 Å². The summed E-state index contributed by atoms with van der Waals surface area (Å²) in [4.78, 5) is 30.1. The molecule has 3 aromatic rings. The molecule has 1 amide bonds. The number of thiazole rings is 1. The predicted molar refractivity (Wildman–Crippen MR) is 107 cm³/mol. The molecule has 0 spiro atoms. The molecule has 3 rings (SSSR count). The fourth-order valence-electron chi connectivity index (χ4n) is 2.62. The Balaban J connectivity index is 1.42. The number of ether oxygens (including phenoxy) is 1. The van der Waals surface area contributed by atoms with Gasteiger partial charge in [0.2, 0.25) is 0 Å². The fraction of sp³-hybridized carbons (Fsp3) is 0.286. The van der Waals surface area contributed by atoms with E-state index in [1.165, 1.54) is 5.56 Å². The van der Waals surface area contributed by atoms with Gasteiger partial charge in [0.05, 0.1) is 21.6 Å². The number of aromatic nitrogens is 1. The molecule has 0 N–H and O–H groups in total. The van der Waals surface area contributed by atoms with Crippen LogP contribution in [0.2, 0.25) is 0 Å². The number of hydrogen-bond donors (Lipinski definition) is 0. The molecule has 0 aliphatic heterocycles. The maximum atomic E-state index is 12.1. The first-order valence-electron chi connectivity index (χ1n) is 8.81. The van der Waals surface area contributed by atoms with Crippen LogP contribution >= 0.6 is 11.3 Å². The lowest BCUT2D eigenvalue weighted by Gasteiger charge is -2.17. The molecule has 0 fully saturated rings. The van der Waals surface area contributed by atoms with Crippen molar-refractivity contribution in [3.05, 3.63) is 64.7 Å². The van der Waals surface area contributed by atoms with E-state index >= 15 is 0 Å². The van der Waals surface area contributed by atoms with Gasteiger partial charge in [-0.05, 0) is 24.6 Å². The van der Waals surface area contributed by atoms with Crippen LogP contribution in [-0.4, -0.2) is 35.4 Å². The normalized spacial score (nSPS) is 10.7. The molecule has 2 aromatic carbocycles. The Morgan fingerprint density at radius 2 is 1.85 bits per heavy atom. The number of rotatable bonds is 7. The van der Waals surface area contributed by atoms with E-state index in [0.29, 0.717) is 13.0 Å². The topological polar surface area (TPSA) is 59.5 Å². The maximum Gasteiger partial charge on any atom is 0.306 e. The van der Waals surface area contributed by atoms with Gasteiger partial charge in [-0.3, -0.25) is 9.59 Å². The molecule has 1 aromatic heterocycles. The van der Waals surface area contributed by atoms with E-state index in [-0.39, 0.29) is 24.9 Å². The third-order valence-corrected chi connectivity index (χ3v) is 5.30. The van der Waals surface area contributed by atoms with Gasteiger partial charge in [0.15, 0.2) is 6.61 Å². The monoisotopic (exact) mass is 382 g/mol. The smallest absolute Gasteiger partial charge is 0.306 e. The van der Waals surface area contributed by atoms with Crippen LogP contribution in [0, 0.1) is 6.92 Å². The Hall–Kier alpha value is -2.73. The number of amides is 1. The van der Waals surface area contributed by atoms with E-state index in [0.717, 1.165) is 20.8 Å². The van der Waals surface area contributed by atoms with Crippen molar-refractivity contribution < 1.29 is 14.3 Å².